The van der Waals surface area contributed by atoms with Gasteiger partial charge < -0.3 is 0 Å². The molecule has 1 rings (SSSR count). The van der Waals surface area contributed by atoms with Gasteiger partial charge in [-0.1, -0.05) is 26.0 Å². The molecule has 1 unspecified atom stereocenters. The molecule has 0 heterocycles. The summed E-state index contributed by atoms with van der Waals surface area (Å²) >= 11 is 2.33. The van der Waals surface area contributed by atoms with Crippen LogP contribution in [0.1, 0.15) is 38.3 Å². The van der Waals surface area contributed by atoms with Crippen molar-refractivity contribution < 1.29 is 0 Å². The number of benzene rings is 1. The summed E-state index contributed by atoms with van der Waals surface area (Å²) in [6.45, 7) is 4.48. The van der Waals surface area contributed by atoms with Gasteiger partial charge in [-0.25, -0.2) is 0 Å². The molecule has 1 aromatic carbocycles. The summed E-state index contributed by atoms with van der Waals surface area (Å²) in [5.41, 5.74) is 4.18. The largest absolute Gasteiger partial charge is 0.271 e. The van der Waals surface area contributed by atoms with E-state index in [2.05, 4.69) is 66.1 Å². The van der Waals surface area contributed by atoms with Crippen LogP contribution in [0.2, 0.25) is 0 Å². The lowest BCUT2D eigenvalue weighted by Gasteiger charge is -2.17. The van der Waals surface area contributed by atoms with Crippen molar-refractivity contribution in [3.05, 3.63) is 33.4 Å². The molecule has 1 aromatic rings. The zero-order valence-electron chi connectivity index (χ0n) is 9.33. The van der Waals surface area contributed by atoms with E-state index in [1.807, 2.05) is 0 Å². The van der Waals surface area contributed by atoms with Gasteiger partial charge in [-0.2, -0.15) is 0 Å². The summed E-state index contributed by atoms with van der Waals surface area (Å²) < 4.78 is 1.26. The fourth-order valence-corrected chi connectivity index (χ4v) is 2.14. The molecule has 2 nitrogen and oxygen atoms in total. The Labute approximate surface area is 106 Å². The number of hydrazine groups is 1. The molecular formula is C12H19IN2. The highest BCUT2D eigenvalue weighted by Crippen LogP contribution is 2.21. The molecule has 3 N–H and O–H groups in total. The Kier molecular flexibility index (Phi) is 5.56. The molecule has 1 atom stereocenters. The van der Waals surface area contributed by atoms with Gasteiger partial charge in [-0.05, 0) is 59.0 Å². The second-order valence-corrected chi connectivity index (χ2v) is 5.49. The molecule has 0 aliphatic heterocycles. The van der Waals surface area contributed by atoms with Crippen molar-refractivity contribution in [2.24, 2.45) is 11.8 Å². The van der Waals surface area contributed by atoms with E-state index in [9.17, 15) is 0 Å². The topological polar surface area (TPSA) is 38.0 Å². The van der Waals surface area contributed by atoms with Crippen LogP contribution >= 0.6 is 22.6 Å². The molecule has 0 saturated carbocycles. The molecule has 0 aliphatic carbocycles. The second kappa shape index (κ2) is 6.45. The van der Waals surface area contributed by atoms with E-state index in [1.54, 1.807) is 0 Å². The number of nitrogens with two attached hydrogens (primary N) is 1. The van der Waals surface area contributed by atoms with Gasteiger partial charge in [0.15, 0.2) is 0 Å². The first-order valence-electron chi connectivity index (χ1n) is 5.35. The first-order valence-corrected chi connectivity index (χ1v) is 6.43. The third kappa shape index (κ3) is 4.49. The fraction of sp³-hybridized carbons (Fsp3) is 0.500. The van der Waals surface area contributed by atoms with Gasteiger partial charge in [0.05, 0.1) is 0 Å². The number of halogens is 1. The Bertz CT molecular complexity index is 299. The van der Waals surface area contributed by atoms with Gasteiger partial charge >= 0.3 is 0 Å². The molecule has 0 fully saturated rings. The Hall–Kier alpha value is -0.130. The maximum atomic E-state index is 5.59. The van der Waals surface area contributed by atoms with Crippen LogP contribution in [0.4, 0.5) is 0 Å². The van der Waals surface area contributed by atoms with Crippen molar-refractivity contribution in [3.63, 3.8) is 0 Å². The van der Waals surface area contributed by atoms with Crippen LogP contribution in [0.15, 0.2) is 24.3 Å². The molecule has 0 bridgehead atoms. The van der Waals surface area contributed by atoms with Crippen LogP contribution in [0.25, 0.3) is 0 Å². The van der Waals surface area contributed by atoms with Gasteiger partial charge in [0, 0.05) is 9.61 Å². The van der Waals surface area contributed by atoms with Gasteiger partial charge in [0.25, 0.3) is 0 Å². The molecular weight excluding hydrogens is 299 g/mol. The molecule has 3 heteroatoms. The van der Waals surface area contributed by atoms with Crippen LogP contribution in [0.3, 0.4) is 0 Å². The standard InChI is InChI=1S/C12H19IN2/c1-9(2)6-7-12(15-14)10-4-3-5-11(13)8-10/h3-5,8-9,12,15H,6-7,14H2,1-2H3. The minimum Gasteiger partial charge on any atom is -0.271 e. The molecule has 0 aromatic heterocycles. The summed E-state index contributed by atoms with van der Waals surface area (Å²) in [6.07, 6.45) is 2.29. The molecule has 0 saturated heterocycles. The van der Waals surface area contributed by atoms with Gasteiger partial charge in [-0.15, -0.1) is 0 Å². The summed E-state index contributed by atoms with van der Waals surface area (Å²) in [7, 11) is 0. The highest BCUT2D eigenvalue weighted by Gasteiger charge is 2.10. The van der Waals surface area contributed by atoms with Crippen molar-refractivity contribution in [1.82, 2.24) is 5.43 Å². The highest BCUT2D eigenvalue weighted by molar-refractivity contribution is 14.1. The van der Waals surface area contributed by atoms with E-state index in [1.165, 1.54) is 15.6 Å². The fourth-order valence-electron chi connectivity index (χ4n) is 1.57. The summed E-state index contributed by atoms with van der Waals surface area (Å²) in [4.78, 5) is 0. The number of hydrogen-bond acceptors (Lipinski definition) is 2. The molecule has 0 aliphatic rings. The van der Waals surface area contributed by atoms with E-state index in [-0.39, 0.29) is 6.04 Å². The number of nitrogens with one attached hydrogen (secondary N) is 1. The quantitative estimate of drug-likeness (QED) is 0.497. The second-order valence-electron chi connectivity index (χ2n) is 4.25. The average Bonchev–Trinajstić information content (AvgIpc) is 2.18. The third-order valence-electron chi connectivity index (χ3n) is 2.48. The van der Waals surface area contributed by atoms with Crippen LogP contribution in [0.5, 0.6) is 0 Å². The third-order valence-corrected chi connectivity index (χ3v) is 3.16. The lowest BCUT2D eigenvalue weighted by atomic mass is 9.98. The first kappa shape index (κ1) is 12.9. The highest BCUT2D eigenvalue weighted by atomic mass is 127. The monoisotopic (exact) mass is 318 g/mol. The Balaban J connectivity index is 2.65. The maximum Gasteiger partial charge on any atom is 0.0460 e. The Morgan fingerprint density at radius 2 is 2.07 bits per heavy atom. The average molecular weight is 318 g/mol. The lowest BCUT2D eigenvalue weighted by molar-refractivity contribution is 0.448. The van der Waals surface area contributed by atoms with Crippen molar-refractivity contribution in [1.29, 1.82) is 0 Å². The summed E-state index contributed by atoms with van der Waals surface area (Å²) in [6, 6.07) is 8.78. The predicted octanol–water partition coefficient (Wildman–Crippen LogP) is 3.23. The van der Waals surface area contributed by atoms with Crippen LogP contribution in [-0.2, 0) is 0 Å². The minimum atomic E-state index is 0.280. The van der Waals surface area contributed by atoms with E-state index < -0.39 is 0 Å². The Morgan fingerprint density at radius 1 is 1.33 bits per heavy atom. The van der Waals surface area contributed by atoms with Crippen LogP contribution in [-0.4, -0.2) is 0 Å². The normalized spacial score (nSPS) is 13.1. The summed E-state index contributed by atoms with van der Waals surface area (Å²) in [5, 5.41) is 0. The smallest absolute Gasteiger partial charge is 0.0460 e. The van der Waals surface area contributed by atoms with Crippen molar-refractivity contribution in [3.8, 4) is 0 Å². The van der Waals surface area contributed by atoms with Crippen LogP contribution in [0, 0.1) is 9.49 Å². The van der Waals surface area contributed by atoms with Gasteiger partial charge in [-0.3, -0.25) is 11.3 Å². The zero-order valence-corrected chi connectivity index (χ0v) is 11.5. The van der Waals surface area contributed by atoms with E-state index in [0.29, 0.717) is 0 Å². The Morgan fingerprint density at radius 3 is 2.60 bits per heavy atom. The zero-order chi connectivity index (χ0) is 11.3. The number of hydrogen-bond donors (Lipinski definition) is 2. The maximum absolute atomic E-state index is 5.59. The van der Waals surface area contributed by atoms with Gasteiger partial charge in [0.1, 0.15) is 0 Å². The van der Waals surface area contributed by atoms with Crippen molar-refractivity contribution >= 4 is 22.6 Å². The molecule has 0 spiro atoms. The minimum absolute atomic E-state index is 0.280. The number of rotatable bonds is 5. The van der Waals surface area contributed by atoms with Crippen molar-refractivity contribution in [2.45, 2.75) is 32.7 Å². The molecule has 0 radical (unpaired) electrons. The summed E-state index contributed by atoms with van der Waals surface area (Å²) in [5.74, 6) is 6.31. The van der Waals surface area contributed by atoms with E-state index in [0.717, 1.165) is 12.3 Å². The first-order chi connectivity index (χ1) is 7.13. The predicted molar refractivity (Wildman–Crippen MR) is 73.3 cm³/mol. The van der Waals surface area contributed by atoms with Crippen LogP contribution < -0.4 is 11.3 Å². The lowest BCUT2D eigenvalue weighted by Crippen LogP contribution is -2.28. The van der Waals surface area contributed by atoms with Gasteiger partial charge in [0.2, 0.25) is 0 Å². The molecule has 0 amide bonds. The van der Waals surface area contributed by atoms with E-state index in [4.69, 9.17) is 5.84 Å². The molecule has 15 heavy (non-hydrogen) atoms. The van der Waals surface area contributed by atoms with E-state index >= 15 is 0 Å². The SMILES string of the molecule is CC(C)CCC(NN)c1cccc(I)c1. The van der Waals surface area contributed by atoms with Crippen molar-refractivity contribution in [2.75, 3.05) is 0 Å². The molecule has 84 valence electrons.